The summed E-state index contributed by atoms with van der Waals surface area (Å²) >= 11 is 0. The fraction of sp³-hybridized carbons (Fsp3) is 0.400. The Morgan fingerprint density at radius 2 is 1.67 bits per heavy atom. The number of aliphatic hydroxyl groups excluding tert-OH is 1. The smallest absolute Gasteiger partial charge is 0.407 e. The zero-order chi connectivity index (χ0) is 23.2. The quantitative estimate of drug-likeness (QED) is 0.513. The highest BCUT2D eigenvalue weighted by molar-refractivity contribution is 5.87. The molecular formula is C25H26N2O6. The van der Waals surface area contributed by atoms with Crippen LogP contribution in [0.3, 0.4) is 0 Å². The number of rotatable bonds is 7. The molecule has 0 aromatic heterocycles. The Balaban J connectivity index is 1.15. The van der Waals surface area contributed by atoms with Crippen molar-refractivity contribution in [1.29, 1.82) is 0 Å². The van der Waals surface area contributed by atoms with E-state index in [1.807, 2.05) is 24.3 Å². The molecule has 0 heterocycles. The predicted molar refractivity (Wildman–Crippen MR) is 118 cm³/mol. The molecule has 0 saturated heterocycles. The first-order valence-corrected chi connectivity index (χ1v) is 11.2. The van der Waals surface area contributed by atoms with Crippen LogP contribution >= 0.6 is 0 Å². The van der Waals surface area contributed by atoms with Crippen LogP contribution in [0.15, 0.2) is 48.5 Å². The minimum absolute atomic E-state index is 0.0158. The molecule has 4 N–H and O–H groups in total. The first-order chi connectivity index (χ1) is 15.9. The number of alkyl carbamates (subject to hydrolysis) is 1. The van der Waals surface area contributed by atoms with Crippen LogP contribution in [-0.4, -0.2) is 53.5 Å². The molecular weight excluding hydrogens is 424 g/mol. The van der Waals surface area contributed by atoms with E-state index in [2.05, 4.69) is 34.9 Å². The van der Waals surface area contributed by atoms with E-state index in [0.717, 1.165) is 11.1 Å². The number of hydrogen-bond donors (Lipinski definition) is 4. The summed E-state index contributed by atoms with van der Waals surface area (Å²) in [5.41, 5.74) is 4.04. The first kappa shape index (κ1) is 21.5. The second-order valence-corrected chi connectivity index (χ2v) is 9.23. The molecule has 2 fully saturated rings. The fourth-order valence-corrected chi connectivity index (χ4v) is 5.55. The number of carboxylic acid groups (broad SMARTS) is 1. The van der Waals surface area contributed by atoms with E-state index >= 15 is 0 Å². The Hall–Kier alpha value is -3.39. The monoisotopic (exact) mass is 450 g/mol. The molecule has 3 aliphatic rings. The number of fused-ring (bicyclic) bond motifs is 4. The predicted octanol–water partition coefficient (Wildman–Crippen LogP) is 2.26. The molecule has 3 aliphatic carbocycles. The second kappa shape index (κ2) is 8.19. The van der Waals surface area contributed by atoms with Gasteiger partial charge in [-0.05, 0) is 47.4 Å². The molecule has 33 heavy (non-hydrogen) atoms. The average Bonchev–Trinajstić information content (AvgIpc) is 3.24. The third-order valence-electron chi connectivity index (χ3n) is 7.27. The Morgan fingerprint density at radius 3 is 2.30 bits per heavy atom. The number of carboxylic acids is 1. The standard InChI is InChI=1S/C25H26N2O6/c28-21(22(29)30)12-26-23(31)25-10-14(25)9-15(11-25)27-24(32)33-13-20-18-7-3-1-5-16(18)17-6-2-4-8-19(17)20/h1-8,14-15,20-21,28H,9-13H2,(H,26,31)(H,27,32)(H,29,30)/t14-,15+,21-,25+/m0/s1. The van der Waals surface area contributed by atoms with Gasteiger partial charge in [-0.2, -0.15) is 0 Å². The van der Waals surface area contributed by atoms with Crippen molar-refractivity contribution in [3.8, 4) is 11.1 Å². The Morgan fingerprint density at radius 1 is 1.03 bits per heavy atom. The maximum Gasteiger partial charge on any atom is 0.407 e. The van der Waals surface area contributed by atoms with E-state index in [0.29, 0.717) is 19.3 Å². The van der Waals surface area contributed by atoms with Gasteiger partial charge in [0, 0.05) is 12.0 Å². The summed E-state index contributed by atoms with van der Waals surface area (Å²) in [4.78, 5) is 35.8. The number of benzene rings is 2. The highest BCUT2D eigenvalue weighted by Gasteiger charge is 2.65. The van der Waals surface area contributed by atoms with Crippen molar-refractivity contribution >= 4 is 18.0 Å². The van der Waals surface area contributed by atoms with Crippen LogP contribution < -0.4 is 10.6 Å². The van der Waals surface area contributed by atoms with Crippen molar-refractivity contribution in [2.45, 2.75) is 37.3 Å². The number of aliphatic hydroxyl groups is 1. The summed E-state index contributed by atoms with van der Waals surface area (Å²) in [5.74, 6) is -1.50. The molecule has 2 aromatic carbocycles. The molecule has 0 bridgehead atoms. The van der Waals surface area contributed by atoms with Gasteiger partial charge in [0.2, 0.25) is 5.91 Å². The minimum atomic E-state index is -1.63. The molecule has 0 radical (unpaired) electrons. The average molecular weight is 450 g/mol. The zero-order valence-corrected chi connectivity index (χ0v) is 18.0. The maximum absolute atomic E-state index is 12.5. The van der Waals surface area contributed by atoms with Crippen molar-refractivity contribution in [2.75, 3.05) is 13.2 Å². The van der Waals surface area contributed by atoms with E-state index in [1.54, 1.807) is 0 Å². The van der Waals surface area contributed by atoms with Crippen molar-refractivity contribution in [3.05, 3.63) is 59.7 Å². The van der Waals surface area contributed by atoms with E-state index < -0.39 is 23.6 Å². The van der Waals surface area contributed by atoms with Gasteiger partial charge < -0.3 is 25.6 Å². The molecule has 5 rings (SSSR count). The van der Waals surface area contributed by atoms with Crippen LogP contribution in [0.1, 0.15) is 36.3 Å². The van der Waals surface area contributed by atoms with Crippen molar-refractivity contribution in [2.24, 2.45) is 11.3 Å². The topological polar surface area (TPSA) is 125 Å². The molecule has 2 aromatic rings. The summed E-state index contributed by atoms with van der Waals surface area (Å²) in [7, 11) is 0. The van der Waals surface area contributed by atoms with Gasteiger partial charge in [-0.15, -0.1) is 0 Å². The van der Waals surface area contributed by atoms with E-state index in [4.69, 9.17) is 9.84 Å². The highest BCUT2D eigenvalue weighted by atomic mass is 16.5. The highest BCUT2D eigenvalue weighted by Crippen LogP contribution is 2.63. The van der Waals surface area contributed by atoms with Crippen LogP contribution in [-0.2, 0) is 14.3 Å². The number of carbonyl (C=O) groups excluding carboxylic acids is 2. The van der Waals surface area contributed by atoms with Gasteiger partial charge in [0.05, 0.1) is 12.0 Å². The largest absolute Gasteiger partial charge is 0.479 e. The molecule has 0 spiro atoms. The molecule has 172 valence electrons. The Bertz CT molecular complexity index is 1070. The molecule has 4 atom stereocenters. The number of nitrogens with one attached hydrogen (secondary N) is 2. The second-order valence-electron chi connectivity index (χ2n) is 9.23. The molecule has 0 unspecified atom stereocenters. The minimum Gasteiger partial charge on any atom is -0.479 e. The lowest BCUT2D eigenvalue weighted by Crippen LogP contribution is -2.41. The van der Waals surface area contributed by atoms with Crippen LogP contribution in [0.25, 0.3) is 11.1 Å². The van der Waals surface area contributed by atoms with Crippen LogP contribution in [0.5, 0.6) is 0 Å². The lowest BCUT2D eigenvalue weighted by Gasteiger charge is -2.19. The lowest BCUT2D eigenvalue weighted by molar-refractivity contribution is -0.146. The molecule has 8 heteroatoms. The molecule has 0 aliphatic heterocycles. The van der Waals surface area contributed by atoms with Gasteiger partial charge >= 0.3 is 12.1 Å². The summed E-state index contributed by atoms with van der Waals surface area (Å²) in [5, 5.41) is 23.5. The number of amides is 2. The number of hydrogen-bond acceptors (Lipinski definition) is 5. The van der Waals surface area contributed by atoms with Gasteiger partial charge in [-0.1, -0.05) is 48.5 Å². The number of aliphatic carboxylic acids is 1. The van der Waals surface area contributed by atoms with Gasteiger partial charge in [0.1, 0.15) is 6.61 Å². The number of ether oxygens (including phenoxy) is 1. The lowest BCUT2D eigenvalue weighted by atomic mass is 9.98. The Kier molecular flexibility index (Phi) is 5.32. The SMILES string of the molecule is O=C(N[C@@H]1C[C@H]2C[C@@]2(C(=O)NC[C@H](O)C(=O)O)C1)OCC1c2ccccc2-c2ccccc21. The first-order valence-electron chi connectivity index (χ1n) is 11.2. The van der Waals surface area contributed by atoms with Crippen LogP contribution in [0, 0.1) is 11.3 Å². The van der Waals surface area contributed by atoms with Crippen molar-refractivity contribution < 1.29 is 29.3 Å². The van der Waals surface area contributed by atoms with Crippen LogP contribution in [0.2, 0.25) is 0 Å². The third-order valence-corrected chi connectivity index (χ3v) is 7.27. The molecule has 2 amide bonds. The fourth-order valence-electron chi connectivity index (χ4n) is 5.55. The third kappa shape index (κ3) is 3.84. The molecule has 8 nitrogen and oxygen atoms in total. The van der Waals surface area contributed by atoms with Crippen molar-refractivity contribution in [3.63, 3.8) is 0 Å². The number of carbonyl (C=O) groups is 3. The molecule has 2 saturated carbocycles. The van der Waals surface area contributed by atoms with E-state index in [-0.39, 0.29) is 36.9 Å². The van der Waals surface area contributed by atoms with E-state index in [9.17, 15) is 19.5 Å². The van der Waals surface area contributed by atoms with Gasteiger partial charge in [0.25, 0.3) is 0 Å². The maximum atomic E-state index is 12.5. The van der Waals surface area contributed by atoms with Gasteiger partial charge in [0.15, 0.2) is 6.10 Å². The van der Waals surface area contributed by atoms with Gasteiger partial charge in [-0.3, -0.25) is 4.79 Å². The van der Waals surface area contributed by atoms with Crippen LogP contribution in [0.4, 0.5) is 4.79 Å². The van der Waals surface area contributed by atoms with E-state index in [1.165, 1.54) is 11.1 Å². The summed E-state index contributed by atoms with van der Waals surface area (Å²) in [6.07, 6.45) is -0.250. The zero-order valence-electron chi connectivity index (χ0n) is 18.0. The summed E-state index contributed by atoms with van der Waals surface area (Å²) in [6.45, 7) is -0.0954. The normalized spacial score (nSPS) is 25.4. The summed E-state index contributed by atoms with van der Waals surface area (Å²) in [6, 6.07) is 16.1. The van der Waals surface area contributed by atoms with Gasteiger partial charge in [-0.25, -0.2) is 9.59 Å². The summed E-state index contributed by atoms with van der Waals surface area (Å²) < 4.78 is 5.60. The van der Waals surface area contributed by atoms with Crippen molar-refractivity contribution in [1.82, 2.24) is 10.6 Å². The Labute approximate surface area is 191 Å².